The number of aromatic nitrogens is 1. The maximum Gasteiger partial charge on any atom is 0.0944 e. The molecule has 0 aliphatic carbocycles. The zero-order valence-corrected chi connectivity index (χ0v) is 14.1. The van der Waals surface area contributed by atoms with Crippen molar-refractivity contribution in [2.24, 2.45) is 0 Å². The fourth-order valence-electron chi connectivity index (χ4n) is 1.91. The number of methoxy groups -OCH3 is 1. The molecule has 0 aromatic carbocycles. The first kappa shape index (κ1) is 16.6. The van der Waals surface area contributed by atoms with Gasteiger partial charge in [0.1, 0.15) is 0 Å². The van der Waals surface area contributed by atoms with Crippen LogP contribution in [0.3, 0.4) is 0 Å². The molecule has 0 amide bonds. The van der Waals surface area contributed by atoms with Gasteiger partial charge in [-0.3, -0.25) is 0 Å². The van der Waals surface area contributed by atoms with Crippen molar-refractivity contribution in [1.29, 1.82) is 0 Å². The first-order chi connectivity index (χ1) is 8.68. The number of thiazole rings is 1. The lowest BCUT2D eigenvalue weighted by Crippen LogP contribution is -2.37. The lowest BCUT2D eigenvalue weighted by molar-refractivity contribution is 0.00772. The number of rotatable bonds is 6. The number of nitrogens with one attached hydrogen (secondary N) is 1. The van der Waals surface area contributed by atoms with Crippen molar-refractivity contribution in [2.75, 3.05) is 14.2 Å². The second-order valence-corrected chi connectivity index (χ2v) is 7.68. The predicted octanol–water partition coefficient (Wildman–Crippen LogP) is 3.39. The third kappa shape index (κ3) is 5.21. The fourth-order valence-corrected chi connectivity index (χ4v) is 3.02. The van der Waals surface area contributed by atoms with Crippen molar-refractivity contribution < 1.29 is 4.74 Å². The van der Waals surface area contributed by atoms with Crippen LogP contribution in [0.1, 0.15) is 51.7 Å². The Balaban J connectivity index is 2.69. The number of likely N-dealkylation sites (N-methyl/N-ethyl adjacent to an activating group) is 1. The molecule has 0 radical (unpaired) electrons. The van der Waals surface area contributed by atoms with Crippen LogP contribution in [-0.4, -0.2) is 30.8 Å². The molecule has 1 N–H and O–H groups in total. The summed E-state index contributed by atoms with van der Waals surface area (Å²) in [5, 5.41) is 6.76. The minimum atomic E-state index is -0.0994. The number of ether oxygens (including phenoxy) is 1. The van der Waals surface area contributed by atoms with Crippen molar-refractivity contribution >= 4 is 11.3 Å². The first-order valence-electron chi connectivity index (χ1n) is 6.85. The molecule has 1 heterocycles. The molecule has 0 aliphatic heterocycles. The Bertz CT molecular complexity index is 393. The molecule has 1 rings (SSSR count). The minimum absolute atomic E-state index is 0.0994. The SMILES string of the molecule is CNC(Cc1nc(C(C)(C)C)cs1)CC(C)(C)OC. The highest BCUT2D eigenvalue weighted by Crippen LogP contribution is 2.25. The van der Waals surface area contributed by atoms with Crippen LogP contribution in [-0.2, 0) is 16.6 Å². The van der Waals surface area contributed by atoms with Gasteiger partial charge in [0.05, 0.1) is 16.3 Å². The van der Waals surface area contributed by atoms with Crippen LogP contribution >= 0.6 is 11.3 Å². The van der Waals surface area contributed by atoms with Gasteiger partial charge in [-0.05, 0) is 27.3 Å². The Kier molecular flexibility index (Phi) is 5.53. The van der Waals surface area contributed by atoms with Gasteiger partial charge in [0.15, 0.2) is 0 Å². The van der Waals surface area contributed by atoms with E-state index in [0.717, 1.165) is 12.8 Å². The molecule has 0 bridgehead atoms. The van der Waals surface area contributed by atoms with E-state index in [2.05, 4.69) is 45.3 Å². The van der Waals surface area contributed by atoms with Crippen LogP contribution in [0.4, 0.5) is 0 Å². The summed E-state index contributed by atoms with van der Waals surface area (Å²) in [5.41, 5.74) is 1.22. The van der Waals surface area contributed by atoms with E-state index in [1.165, 1.54) is 10.7 Å². The smallest absolute Gasteiger partial charge is 0.0944 e. The predicted molar refractivity (Wildman–Crippen MR) is 83.1 cm³/mol. The molecule has 1 aromatic rings. The Morgan fingerprint density at radius 2 is 1.95 bits per heavy atom. The molecule has 4 heteroatoms. The highest BCUT2D eigenvalue weighted by Gasteiger charge is 2.24. The Morgan fingerprint density at radius 3 is 2.37 bits per heavy atom. The van der Waals surface area contributed by atoms with E-state index < -0.39 is 0 Å². The van der Waals surface area contributed by atoms with E-state index in [0.29, 0.717) is 6.04 Å². The number of hydrogen-bond acceptors (Lipinski definition) is 4. The summed E-state index contributed by atoms with van der Waals surface area (Å²) in [6, 6.07) is 0.397. The van der Waals surface area contributed by atoms with Crippen molar-refractivity contribution in [1.82, 2.24) is 10.3 Å². The molecule has 1 atom stereocenters. The number of hydrogen-bond donors (Lipinski definition) is 1. The van der Waals surface area contributed by atoms with E-state index in [1.807, 2.05) is 7.05 Å². The normalized spacial score (nSPS) is 14.7. The molecule has 19 heavy (non-hydrogen) atoms. The van der Waals surface area contributed by atoms with Gasteiger partial charge >= 0.3 is 0 Å². The zero-order chi connectivity index (χ0) is 14.7. The van der Waals surface area contributed by atoms with Crippen molar-refractivity contribution in [2.45, 2.75) is 64.5 Å². The van der Waals surface area contributed by atoms with Gasteiger partial charge in [-0.1, -0.05) is 20.8 Å². The van der Waals surface area contributed by atoms with E-state index in [4.69, 9.17) is 9.72 Å². The van der Waals surface area contributed by atoms with Crippen LogP contribution in [0.2, 0.25) is 0 Å². The molecule has 0 spiro atoms. The lowest BCUT2D eigenvalue weighted by Gasteiger charge is -2.28. The highest BCUT2D eigenvalue weighted by atomic mass is 32.1. The fraction of sp³-hybridized carbons (Fsp3) is 0.800. The van der Waals surface area contributed by atoms with Crippen molar-refractivity contribution in [3.05, 3.63) is 16.1 Å². The van der Waals surface area contributed by atoms with Gasteiger partial charge < -0.3 is 10.1 Å². The molecular weight excluding hydrogens is 256 g/mol. The number of nitrogens with zero attached hydrogens (tertiary/aromatic N) is 1. The highest BCUT2D eigenvalue weighted by molar-refractivity contribution is 7.09. The van der Waals surface area contributed by atoms with Crippen LogP contribution in [0, 0.1) is 0 Å². The molecule has 0 aliphatic rings. The second kappa shape index (κ2) is 6.33. The average molecular weight is 284 g/mol. The zero-order valence-electron chi connectivity index (χ0n) is 13.3. The van der Waals surface area contributed by atoms with Crippen LogP contribution in [0.15, 0.2) is 5.38 Å². The van der Waals surface area contributed by atoms with E-state index in [9.17, 15) is 0 Å². The molecule has 0 saturated heterocycles. The average Bonchev–Trinajstić information content (AvgIpc) is 2.76. The van der Waals surface area contributed by atoms with Crippen molar-refractivity contribution in [3.8, 4) is 0 Å². The van der Waals surface area contributed by atoms with Crippen LogP contribution < -0.4 is 5.32 Å². The monoisotopic (exact) mass is 284 g/mol. The third-order valence-corrected chi connectivity index (χ3v) is 4.31. The van der Waals surface area contributed by atoms with Gasteiger partial charge in [0, 0.05) is 30.4 Å². The minimum Gasteiger partial charge on any atom is -0.379 e. The first-order valence-corrected chi connectivity index (χ1v) is 7.73. The van der Waals surface area contributed by atoms with Gasteiger partial charge in [-0.2, -0.15) is 0 Å². The van der Waals surface area contributed by atoms with E-state index in [-0.39, 0.29) is 11.0 Å². The Labute approximate surface area is 121 Å². The summed E-state index contributed by atoms with van der Waals surface area (Å²) in [6.45, 7) is 10.9. The summed E-state index contributed by atoms with van der Waals surface area (Å²) in [6.07, 6.45) is 1.94. The summed E-state index contributed by atoms with van der Waals surface area (Å²) in [7, 11) is 3.78. The maximum atomic E-state index is 5.51. The maximum absolute atomic E-state index is 5.51. The lowest BCUT2D eigenvalue weighted by atomic mass is 9.93. The molecule has 0 saturated carbocycles. The summed E-state index contributed by atoms with van der Waals surface area (Å²) in [5.74, 6) is 0. The Morgan fingerprint density at radius 1 is 1.32 bits per heavy atom. The third-order valence-electron chi connectivity index (χ3n) is 3.44. The van der Waals surface area contributed by atoms with E-state index >= 15 is 0 Å². The van der Waals surface area contributed by atoms with Crippen LogP contribution in [0.25, 0.3) is 0 Å². The molecule has 1 aromatic heterocycles. The van der Waals surface area contributed by atoms with E-state index in [1.54, 1.807) is 18.4 Å². The van der Waals surface area contributed by atoms with Crippen LogP contribution in [0.5, 0.6) is 0 Å². The Hall–Kier alpha value is -0.450. The topological polar surface area (TPSA) is 34.2 Å². The summed E-state index contributed by atoms with van der Waals surface area (Å²) in [4.78, 5) is 4.76. The molecular formula is C15H28N2OS. The standard InChI is InChI=1S/C15H28N2OS/c1-14(2,3)12-10-19-13(17-12)8-11(16-6)9-15(4,5)18-7/h10-11,16H,8-9H2,1-7H3. The van der Waals surface area contributed by atoms with Crippen molar-refractivity contribution in [3.63, 3.8) is 0 Å². The summed E-state index contributed by atoms with van der Waals surface area (Å²) >= 11 is 1.76. The van der Waals surface area contributed by atoms with Gasteiger partial charge in [0.25, 0.3) is 0 Å². The molecule has 110 valence electrons. The largest absolute Gasteiger partial charge is 0.379 e. The van der Waals surface area contributed by atoms with Gasteiger partial charge in [-0.25, -0.2) is 4.98 Å². The second-order valence-electron chi connectivity index (χ2n) is 6.73. The molecule has 0 fully saturated rings. The van der Waals surface area contributed by atoms with Gasteiger partial charge in [-0.15, -0.1) is 11.3 Å². The summed E-state index contributed by atoms with van der Waals surface area (Å²) < 4.78 is 5.51. The molecule has 3 nitrogen and oxygen atoms in total. The van der Waals surface area contributed by atoms with Gasteiger partial charge in [0.2, 0.25) is 0 Å². The molecule has 1 unspecified atom stereocenters. The quantitative estimate of drug-likeness (QED) is 0.869.